The first-order valence-electron chi connectivity index (χ1n) is 7.64. The lowest BCUT2D eigenvalue weighted by molar-refractivity contribution is 0.257. The van der Waals surface area contributed by atoms with Gasteiger partial charge in [0.1, 0.15) is 10.6 Å². The van der Waals surface area contributed by atoms with Crippen molar-refractivity contribution in [2.75, 3.05) is 30.8 Å². The number of hydrogen-bond donors (Lipinski definition) is 2. The van der Waals surface area contributed by atoms with Crippen LogP contribution in [0.4, 0.5) is 11.8 Å². The second kappa shape index (κ2) is 6.15. The van der Waals surface area contributed by atoms with E-state index >= 15 is 0 Å². The van der Waals surface area contributed by atoms with E-state index in [2.05, 4.69) is 57.8 Å². The summed E-state index contributed by atoms with van der Waals surface area (Å²) in [4.78, 5) is 12.6. The Labute approximate surface area is 129 Å². The van der Waals surface area contributed by atoms with E-state index in [0.717, 1.165) is 35.2 Å². The number of fused-ring (bicyclic) bond motifs is 1. The summed E-state index contributed by atoms with van der Waals surface area (Å²) in [5, 5.41) is 9.90. The van der Waals surface area contributed by atoms with Crippen molar-refractivity contribution < 1.29 is 0 Å². The molecule has 6 heteroatoms. The Morgan fingerprint density at radius 2 is 2.19 bits per heavy atom. The molecular weight excluding hydrogens is 282 g/mol. The molecule has 2 N–H and O–H groups in total. The third-order valence-electron chi connectivity index (χ3n) is 4.04. The van der Waals surface area contributed by atoms with Crippen LogP contribution in [0, 0.1) is 0 Å². The maximum Gasteiger partial charge on any atom is 0.226 e. The smallest absolute Gasteiger partial charge is 0.226 e. The zero-order chi connectivity index (χ0) is 14.8. The minimum Gasteiger partial charge on any atom is -0.368 e. The number of likely N-dealkylation sites (N-methyl/N-ethyl adjacent to an activating group) is 1. The minimum absolute atomic E-state index is 0.503. The highest BCUT2D eigenvalue weighted by Crippen LogP contribution is 2.28. The van der Waals surface area contributed by atoms with Crippen molar-refractivity contribution in [2.45, 2.75) is 38.8 Å². The van der Waals surface area contributed by atoms with Gasteiger partial charge < -0.3 is 10.6 Å². The Bertz CT molecular complexity index is 607. The molecule has 0 aliphatic heterocycles. The van der Waals surface area contributed by atoms with E-state index < -0.39 is 0 Å². The summed E-state index contributed by atoms with van der Waals surface area (Å²) in [6.07, 6.45) is 2.68. The first kappa shape index (κ1) is 14.5. The summed E-state index contributed by atoms with van der Waals surface area (Å²) in [5.41, 5.74) is 0. The molecule has 0 radical (unpaired) electrons. The lowest BCUT2D eigenvalue weighted by Crippen LogP contribution is -2.36. The first-order valence-corrected chi connectivity index (χ1v) is 8.52. The van der Waals surface area contributed by atoms with E-state index in [0.29, 0.717) is 12.0 Å². The Kier molecular flexibility index (Phi) is 4.26. The third kappa shape index (κ3) is 3.27. The number of nitrogens with one attached hydrogen (secondary N) is 2. The van der Waals surface area contributed by atoms with Crippen LogP contribution in [-0.2, 0) is 0 Å². The molecule has 1 saturated carbocycles. The normalized spacial score (nSPS) is 16.4. The van der Waals surface area contributed by atoms with Crippen molar-refractivity contribution in [3.05, 3.63) is 11.4 Å². The van der Waals surface area contributed by atoms with Crippen LogP contribution in [0.15, 0.2) is 11.4 Å². The van der Waals surface area contributed by atoms with Gasteiger partial charge in [-0.25, -0.2) is 4.98 Å². The number of nitrogens with zero attached hydrogens (tertiary/aromatic N) is 3. The van der Waals surface area contributed by atoms with Crippen LogP contribution in [0.1, 0.15) is 26.7 Å². The number of anilines is 2. The van der Waals surface area contributed by atoms with Gasteiger partial charge in [-0.2, -0.15) is 4.98 Å². The fourth-order valence-electron chi connectivity index (χ4n) is 2.46. The molecule has 1 aliphatic carbocycles. The van der Waals surface area contributed by atoms with Gasteiger partial charge in [0.15, 0.2) is 0 Å². The second-order valence-corrected chi connectivity index (χ2v) is 6.59. The Morgan fingerprint density at radius 3 is 2.90 bits per heavy atom. The van der Waals surface area contributed by atoms with Crippen LogP contribution in [0.2, 0.25) is 0 Å². The van der Waals surface area contributed by atoms with Crippen LogP contribution >= 0.6 is 11.3 Å². The fourth-order valence-corrected chi connectivity index (χ4v) is 3.22. The number of hydrogen-bond acceptors (Lipinski definition) is 6. The highest BCUT2D eigenvalue weighted by atomic mass is 32.1. The first-order chi connectivity index (χ1) is 10.2. The second-order valence-electron chi connectivity index (χ2n) is 5.69. The summed E-state index contributed by atoms with van der Waals surface area (Å²) in [6.45, 7) is 6.06. The Hall–Kier alpha value is -1.40. The minimum atomic E-state index is 0.503. The van der Waals surface area contributed by atoms with Crippen LogP contribution in [-0.4, -0.2) is 47.1 Å². The molecule has 0 aromatic carbocycles. The molecule has 1 fully saturated rings. The maximum atomic E-state index is 4.61. The van der Waals surface area contributed by atoms with Gasteiger partial charge in [-0.15, -0.1) is 11.3 Å². The molecular formula is C15H23N5S. The van der Waals surface area contributed by atoms with Crippen molar-refractivity contribution >= 4 is 33.3 Å². The summed E-state index contributed by atoms with van der Waals surface area (Å²) in [5.74, 6) is 1.64. The van der Waals surface area contributed by atoms with Gasteiger partial charge in [0.2, 0.25) is 5.95 Å². The number of rotatable bonds is 7. The highest BCUT2D eigenvalue weighted by molar-refractivity contribution is 7.16. The van der Waals surface area contributed by atoms with Gasteiger partial charge >= 0.3 is 0 Å². The molecule has 1 unspecified atom stereocenters. The topological polar surface area (TPSA) is 53.1 Å². The van der Waals surface area contributed by atoms with E-state index in [9.17, 15) is 0 Å². The predicted octanol–water partition coefficient (Wildman–Crippen LogP) is 3.02. The summed E-state index contributed by atoms with van der Waals surface area (Å²) in [7, 11) is 2.22. The Balaban J connectivity index is 1.73. The van der Waals surface area contributed by atoms with Crippen molar-refractivity contribution in [1.82, 2.24) is 14.9 Å². The van der Waals surface area contributed by atoms with E-state index in [1.165, 1.54) is 12.8 Å². The van der Waals surface area contributed by atoms with Crippen molar-refractivity contribution in [3.8, 4) is 0 Å². The average molecular weight is 305 g/mol. The monoisotopic (exact) mass is 305 g/mol. The van der Waals surface area contributed by atoms with Gasteiger partial charge in [0.25, 0.3) is 0 Å². The third-order valence-corrected chi connectivity index (χ3v) is 4.85. The maximum absolute atomic E-state index is 4.61. The summed E-state index contributed by atoms with van der Waals surface area (Å²) < 4.78 is 0. The molecule has 0 spiro atoms. The van der Waals surface area contributed by atoms with Gasteiger partial charge in [0.05, 0.1) is 5.39 Å². The number of aromatic nitrogens is 2. The van der Waals surface area contributed by atoms with E-state index in [1.807, 2.05) is 0 Å². The van der Waals surface area contributed by atoms with Crippen molar-refractivity contribution in [3.63, 3.8) is 0 Å². The van der Waals surface area contributed by atoms with Crippen LogP contribution < -0.4 is 10.6 Å². The molecule has 114 valence electrons. The fraction of sp³-hybridized carbons (Fsp3) is 0.600. The molecule has 2 heterocycles. The lowest BCUT2D eigenvalue weighted by atomic mass is 10.3. The quantitative estimate of drug-likeness (QED) is 0.823. The molecule has 0 saturated heterocycles. The SMILES string of the molecule is CCNc1nc(NCC(C)N(C)C2CC2)c2ccsc2n1. The summed E-state index contributed by atoms with van der Waals surface area (Å²) >= 11 is 1.66. The van der Waals surface area contributed by atoms with Gasteiger partial charge in [-0.05, 0) is 45.2 Å². The zero-order valence-electron chi connectivity index (χ0n) is 12.9. The van der Waals surface area contributed by atoms with Gasteiger partial charge in [0, 0.05) is 25.2 Å². The average Bonchev–Trinajstić information content (AvgIpc) is 3.22. The summed E-state index contributed by atoms with van der Waals surface area (Å²) in [6, 6.07) is 3.38. The molecule has 1 atom stereocenters. The molecule has 21 heavy (non-hydrogen) atoms. The molecule has 1 aliphatic rings. The molecule has 0 bridgehead atoms. The Morgan fingerprint density at radius 1 is 1.38 bits per heavy atom. The highest BCUT2D eigenvalue weighted by Gasteiger charge is 2.29. The standard InChI is InChI=1S/C15H23N5S/c1-4-16-15-18-13(12-7-8-21-14(12)19-15)17-9-10(2)20(3)11-5-6-11/h7-8,10-11H,4-6,9H2,1-3H3,(H2,16,17,18,19). The lowest BCUT2D eigenvalue weighted by Gasteiger charge is -2.25. The molecule has 0 amide bonds. The van der Waals surface area contributed by atoms with E-state index in [-0.39, 0.29) is 0 Å². The van der Waals surface area contributed by atoms with E-state index in [1.54, 1.807) is 11.3 Å². The number of thiophene rings is 1. The van der Waals surface area contributed by atoms with Crippen molar-refractivity contribution in [2.24, 2.45) is 0 Å². The van der Waals surface area contributed by atoms with Crippen LogP contribution in [0.5, 0.6) is 0 Å². The largest absolute Gasteiger partial charge is 0.368 e. The molecule has 5 nitrogen and oxygen atoms in total. The molecule has 3 rings (SSSR count). The van der Waals surface area contributed by atoms with Gasteiger partial charge in [-0.1, -0.05) is 0 Å². The molecule has 2 aromatic heterocycles. The van der Waals surface area contributed by atoms with Crippen LogP contribution in [0.25, 0.3) is 10.2 Å². The zero-order valence-corrected chi connectivity index (χ0v) is 13.7. The molecule has 2 aromatic rings. The van der Waals surface area contributed by atoms with E-state index in [4.69, 9.17) is 0 Å². The van der Waals surface area contributed by atoms with Crippen LogP contribution in [0.3, 0.4) is 0 Å². The van der Waals surface area contributed by atoms with Gasteiger partial charge in [-0.3, -0.25) is 4.90 Å². The predicted molar refractivity (Wildman–Crippen MR) is 90.3 cm³/mol. The van der Waals surface area contributed by atoms with Crippen molar-refractivity contribution in [1.29, 1.82) is 0 Å².